The maximum Gasteiger partial charge on any atom is 0.393 e. The first kappa shape index (κ1) is 20.7. The fourth-order valence-electron chi connectivity index (χ4n) is 4.29. The molecule has 154 valence electrons. The van der Waals surface area contributed by atoms with Gasteiger partial charge in [0.15, 0.2) is 0 Å². The number of halogens is 3. The number of anilines is 1. The van der Waals surface area contributed by atoms with Crippen LogP contribution in [0.1, 0.15) is 68.1 Å². The highest BCUT2D eigenvalue weighted by atomic mass is 19.4. The summed E-state index contributed by atoms with van der Waals surface area (Å²) in [6, 6.07) is 5.50. The molecule has 2 unspecified atom stereocenters. The number of alkyl halides is 3. The lowest BCUT2D eigenvalue weighted by Crippen LogP contribution is -2.47. The minimum atomic E-state index is -4.31. The van der Waals surface area contributed by atoms with Gasteiger partial charge in [-0.05, 0) is 43.9 Å². The van der Waals surface area contributed by atoms with Crippen LogP contribution in [-0.4, -0.2) is 24.0 Å². The van der Waals surface area contributed by atoms with Crippen LogP contribution < -0.4 is 10.6 Å². The number of rotatable bonds is 4. The van der Waals surface area contributed by atoms with Gasteiger partial charge in [-0.25, -0.2) is 0 Å². The largest absolute Gasteiger partial charge is 0.393 e. The number of nitrogens with one attached hydrogen (secondary N) is 2. The van der Waals surface area contributed by atoms with Crippen LogP contribution in [-0.2, 0) is 4.79 Å². The fraction of sp³-hybridized carbons (Fsp3) is 0.619. The second-order valence-electron chi connectivity index (χ2n) is 7.92. The van der Waals surface area contributed by atoms with Gasteiger partial charge in [-0.15, -0.1) is 0 Å². The van der Waals surface area contributed by atoms with Crippen molar-refractivity contribution < 1.29 is 22.8 Å². The highest BCUT2D eigenvalue weighted by Crippen LogP contribution is 2.37. The van der Waals surface area contributed by atoms with Gasteiger partial charge in [-0.1, -0.05) is 38.2 Å². The molecule has 2 amide bonds. The lowest BCUT2D eigenvalue weighted by atomic mass is 9.84. The summed E-state index contributed by atoms with van der Waals surface area (Å²) in [4.78, 5) is 24.9. The van der Waals surface area contributed by atoms with Crippen molar-refractivity contribution in [2.75, 3.05) is 5.32 Å². The van der Waals surface area contributed by atoms with Gasteiger partial charge in [-0.3, -0.25) is 9.59 Å². The molecule has 2 aliphatic rings. The molecule has 2 aliphatic carbocycles. The van der Waals surface area contributed by atoms with Crippen LogP contribution in [0.25, 0.3) is 0 Å². The van der Waals surface area contributed by atoms with Gasteiger partial charge in [0.25, 0.3) is 5.91 Å². The van der Waals surface area contributed by atoms with Crippen LogP contribution in [0.15, 0.2) is 24.3 Å². The third-order valence-electron chi connectivity index (χ3n) is 5.87. The molecule has 2 atom stereocenters. The molecule has 2 saturated carbocycles. The molecule has 1 aromatic rings. The summed E-state index contributed by atoms with van der Waals surface area (Å²) in [5, 5.41) is 5.41. The quantitative estimate of drug-likeness (QED) is 0.748. The van der Waals surface area contributed by atoms with Gasteiger partial charge in [0.05, 0.1) is 5.92 Å². The van der Waals surface area contributed by atoms with E-state index in [-0.39, 0.29) is 23.8 Å². The molecule has 0 heterocycles. The maximum atomic E-state index is 13.2. The Bertz CT molecular complexity index is 699. The van der Waals surface area contributed by atoms with E-state index < -0.39 is 24.0 Å². The molecule has 2 N–H and O–H groups in total. The molecule has 0 radical (unpaired) electrons. The van der Waals surface area contributed by atoms with E-state index in [1.54, 1.807) is 18.2 Å². The summed E-state index contributed by atoms with van der Waals surface area (Å²) in [6.07, 6.45) is 2.24. The van der Waals surface area contributed by atoms with Gasteiger partial charge in [0.1, 0.15) is 0 Å². The number of carbonyl (C=O) groups is 2. The Hall–Kier alpha value is -2.05. The van der Waals surface area contributed by atoms with Crippen LogP contribution in [0.3, 0.4) is 0 Å². The van der Waals surface area contributed by atoms with E-state index in [4.69, 9.17) is 0 Å². The van der Waals surface area contributed by atoms with Crippen LogP contribution >= 0.6 is 0 Å². The predicted molar refractivity (Wildman–Crippen MR) is 101 cm³/mol. The molecule has 1 aromatic carbocycles. The van der Waals surface area contributed by atoms with E-state index in [2.05, 4.69) is 10.6 Å². The normalized spacial score (nSPS) is 23.8. The van der Waals surface area contributed by atoms with E-state index in [9.17, 15) is 22.8 Å². The SMILES string of the molecule is O=C(NC1CCCCC1C(F)(F)F)c1cccc(NC(=O)C2CCCCC2)c1. The van der Waals surface area contributed by atoms with Crippen molar-refractivity contribution in [3.8, 4) is 0 Å². The van der Waals surface area contributed by atoms with E-state index in [1.807, 2.05) is 0 Å². The van der Waals surface area contributed by atoms with Gasteiger partial charge in [0.2, 0.25) is 5.91 Å². The molecule has 0 aromatic heterocycles. The zero-order valence-corrected chi connectivity index (χ0v) is 15.9. The first-order valence-corrected chi connectivity index (χ1v) is 10.1. The molecular formula is C21H27F3N2O2. The minimum Gasteiger partial charge on any atom is -0.349 e. The van der Waals surface area contributed by atoms with E-state index in [0.717, 1.165) is 32.1 Å². The van der Waals surface area contributed by atoms with E-state index in [0.29, 0.717) is 24.9 Å². The number of hydrogen-bond donors (Lipinski definition) is 2. The van der Waals surface area contributed by atoms with Gasteiger partial charge < -0.3 is 10.6 Å². The Morgan fingerprint density at radius 3 is 2.32 bits per heavy atom. The number of amides is 2. The molecule has 2 fully saturated rings. The molecule has 0 spiro atoms. The number of benzene rings is 1. The predicted octanol–water partition coefficient (Wildman–Crippen LogP) is 5.06. The summed E-state index contributed by atoms with van der Waals surface area (Å²) < 4.78 is 39.7. The lowest BCUT2D eigenvalue weighted by molar-refractivity contribution is -0.187. The Kier molecular flexibility index (Phi) is 6.62. The third kappa shape index (κ3) is 5.26. The molecule has 7 heteroatoms. The zero-order chi connectivity index (χ0) is 20.1. The Morgan fingerprint density at radius 2 is 1.61 bits per heavy atom. The number of hydrogen-bond acceptors (Lipinski definition) is 2. The third-order valence-corrected chi connectivity index (χ3v) is 5.87. The molecule has 0 bridgehead atoms. The van der Waals surface area contributed by atoms with E-state index >= 15 is 0 Å². The van der Waals surface area contributed by atoms with Crippen LogP contribution in [0.5, 0.6) is 0 Å². The van der Waals surface area contributed by atoms with Crippen molar-refractivity contribution >= 4 is 17.5 Å². The molecule has 3 rings (SSSR count). The molecule has 0 aliphatic heterocycles. The fourth-order valence-corrected chi connectivity index (χ4v) is 4.29. The Balaban J connectivity index is 1.64. The summed E-state index contributed by atoms with van der Waals surface area (Å²) in [7, 11) is 0. The molecular weight excluding hydrogens is 369 g/mol. The highest BCUT2D eigenvalue weighted by molar-refractivity contribution is 5.97. The average molecular weight is 396 g/mol. The van der Waals surface area contributed by atoms with Crippen LogP contribution in [0, 0.1) is 11.8 Å². The van der Waals surface area contributed by atoms with E-state index in [1.165, 1.54) is 6.07 Å². The summed E-state index contributed by atoms with van der Waals surface area (Å²) >= 11 is 0. The first-order valence-electron chi connectivity index (χ1n) is 10.1. The molecule has 4 nitrogen and oxygen atoms in total. The monoisotopic (exact) mass is 396 g/mol. The van der Waals surface area contributed by atoms with Crippen molar-refractivity contribution in [1.29, 1.82) is 0 Å². The Labute approximate surface area is 163 Å². The van der Waals surface area contributed by atoms with Crippen molar-refractivity contribution in [1.82, 2.24) is 5.32 Å². The summed E-state index contributed by atoms with van der Waals surface area (Å²) in [6.45, 7) is 0. The topological polar surface area (TPSA) is 58.2 Å². The van der Waals surface area contributed by atoms with Crippen molar-refractivity contribution in [3.63, 3.8) is 0 Å². The standard InChI is InChI=1S/C21H27F3N2O2/c22-21(23,24)17-11-4-5-12-18(17)26-20(28)15-9-6-10-16(13-15)25-19(27)14-7-2-1-3-8-14/h6,9-10,13-14,17-18H,1-5,7-8,11-12H2,(H,25,27)(H,26,28). The first-order chi connectivity index (χ1) is 13.3. The number of carbonyl (C=O) groups excluding carboxylic acids is 2. The molecule has 28 heavy (non-hydrogen) atoms. The molecule has 0 saturated heterocycles. The lowest BCUT2D eigenvalue weighted by Gasteiger charge is -2.33. The van der Waals surface area contributed by atoms with Crippen LogP contribution in [0.2, 0.25) is 0 Å². The zero-order valence-electron chi connectivity index (χ0n) is 15.9. The maximum absolute atomic E-state index is 13.2. The van der Waals surface area contributed by atoms with Gasteiger partial charge >= 0.3 is 6.18 Å². The van der Waals surface area contributed by atoms with Crippen molar-refractivity contribution in [3.05, 3.63) is 29.8 Å². The van der Waals surface area contributed by atoms with Gasteiger partial charge in [0, 0.05) is 23.2 Å². The summed E-state index contributed by atoms with van der Waals surface area (Å²) in [5.41, 5.74) is 0.757. The second-order valence-corrected chi connectivity index (χ2v) is 7.92. The summed E-state index contributed by atoms with van der Waals surface area (Å²) in [5.74, 6) is -2.10. The second kappa shape index (κ2) is 8.97. The smallest absolute Gasteiger partial charge is 0.349 e. The highest BCUT2D eigenvalue weighted by Gasteiger charge is 2.46. The van der Waals surface area contributed by atoms with Crippen molar-refractivity contribution in [2.45, 2.75) is 70.0 Å². The average Bonchev–Trinajstić information content (AvgIpc) is 2.68. The van der Waals surface area contributed by atoms with Crippen LogP contribution in [0.4, 0.5) is 18.9 Å². The minimum absolute atomic E-state index is 0.0129. The van der Waals surface area contributed by atoms with Gasteiger partial charge in [-0.2, -0.15) is 13.2 Å². The Morgan fingerprint density at radius 1 is 0.929 bits per heavy atom. The van der Waals surface area contributed by atoms with Crippen molar-refractivity contribution in [2.24, 2.45) is 11.8 Å².